The number of halogens is 2. The number of amides is 1. The van der Waals surface area contributed by atoms with Crippen LogP contribution < -0.4 is 4.74 Å². The maximum Gasteiger partial charge on any atom is 0.264 e. The largest absolute Gasteiger partial charge is 0.491 e. The van der Waals surface area contributed by atoms with Gasteiger partial charge in [0.2, 0.25) is 5.91 Å². The average molecular weight is 514 g/mol. The highest BCUT2D eigenvalue weighted by atomic mass is 35.5. The van der Waals surface area contributed by atoms with Crippen molar-refractivity contribution < 1.29 is 22.1 Å². The third-order valence-electron chi connectivity index (χ3n) is 5.74. The lowest BCUT2D eigenvalue weighted by Crippen LogP contribution is -2.36. The van der Waals surface area contributed by atoms with Crippen LogP contribution in [0.5, 0.6) is 5.75 Å². The van der Waals surface area contributed by atoms with Crippen LogP contribution in [0.25, 0.3) is 0 Å². The van der Waals surface area contributed by atoms with Crippen molar-refractivity contribution >= 4 is 39.2 Å². The lowest BCUT2D eigenvalue weighted by atomic mass is 9.77. The molecule has 0 saturated carbocycles. The number of carbonyl (C=O) groups excluding carboxylic acids is 1. The van der Waals surface area contributed by atoms with Crippen molar-refractivity contribution in [2.24, 2.45) is 0 Å². The predicted molar refractivity (Wildman–Crippen MR) is 131 cm³/mol. The number of carbonyl (C=O) groups is 1. The Kier molecular flexibility index (Phi) is 8.32. The second-order valence-electron chi connectivity index (χ2n) is 8.74. The van der Waals surface area contributed by atoms with Crippen LogP contribution in [0.15, 0.2) is 42.5 Å². The van der Waals surface area contributed by atoms with Crippen LogP contribution in [0.4, 0.5) is 0 Å². The maximum absolute atomic E-state index is 13.1. The van der Waals surface area contributed by atoms with E-state index in [0.29, 0.717) is 36.0 Å². The van der Waals surface area contributed by atoms with Crippen molar-refractivity contribution in [3.05, 3.63) is 63.6 Å². The Balaban J connectivity index is 1.77. The molecule has 1 atom stereocenters. The Hall–Kier alpha value is -1.80. The molecule has 2 aromatic rings. The molecule has 0 aliphatic carbocycles. The lowest BCUT2D eigenvalue weighted by molar-refractivity contribution is -0.129. The van der Waals surface area contributed by atoms with Crippen molar-refractivity contribution in [2.75, 3.05) is 26.0 Å². The first-order chi connectivity index (χ1) is 15.5. The van der Waals surface area contributed by atoms with Gasteiger partial charge in [-0.25, -0.2) is 0 Å². The summed E-state index contributed by atoms with van der Waals surface area (Å²) in [5.74, 6) is 0.738. The minimum atomic E-state index is -3.56. The fraction of sp³-hybridized carbons (Fsp3) is 0.458. The van der Waals surface area contributed by atoms with Gasteiger partial charge in [-0.05, 0) is 62.1 Å². The SMILES string of the molecule is CC(C)Oc1cccc(CC(=O)N2CC[C@@](CCOS(C)(=O)=O)(c3ccc(Cl)c(Cl)c3)C2)c1. The van der Waals surface area contributed by atoms with E-state index in [9.17, 15) is 13.2 Å². The van der Waals surface area contributed by atoms with E-state index in [2.05, 4.69) is 0 Å². The van der Waals surface area contributed by atoms with Crippen LogP contribution in [0.2, 0.25) is 10.0 Å². The molecule has 6 nitrogen and oxygen atoms in total. The summed E-state index contributed by atoms with van der Waals surface area (Å²) >= 11 is 12.4. The average Bonchev–Trinajstić information content (AvgIpc) is 3.14. The number of benzene rings is 2. The number of hydrogen-bond donors (Lipinski definition) is 0. The second kappa shape index (κ2) is 10.6. The molecule has 0 radical (unpaired) electrons. The zero-order valence-electron chi connectivity index (χ0n) is 19.0. The lowest BCUT2D eigenvalue weighted by Gasteiger charge is -2.30. The summed E-state index contributed by atoms with van der Waals surface area (Å²) < 4.78 is 33.7. The van der Waals surface area contributed by atoms with Crippen LogP contribution in [-0.4, -0.2) is 51.3 Å². The first kappa shape index (κ1) is 25.8. The van der Waals surface area contributed by atoms with E-state index in [1.54, 1.807) is 12.1 Å². The molecule has 1 amide bonds. The van der Waals surface area contributed by atoms with Gasteiger partial charge < -0.3 is 9.64 Å². The van der Waals surface area contributed by atoms with Crippen molar-refractivity contribution in [3.8, 4) is 5.75 Å². The molecule has 9 heteroatoms. The van der Waals surface area contributed by atoms with Crippen LogP contribution in [0.3, 0.4) is 0 Å². The molecule has 0 spiro atoms. The third kappa shape index (κ3) is 7.09. The highest BCUT2D eigenvalue weighted by molar-refractivity contribution is 7.85. The molecule has 0 bridgehead atoms. The second-order valence-corrected chi connectivity index (χ2v) is 11.2. The number of rotatable bonds is 9. The summed E-state index contributed by atoms with van der Waals surface area (Å²) in [6.45, 7) is 4.94. The zero-order chi connectivity index (χ0) is 24.2. The van der Waals surface area contributed by atoms with Gasteiger partial charge in [-0.15, -0.1) is 0 Å². The molecule has 1 fully saturated rings. The van der Waals surface area contributed by atoms with Gasteiger partial charge in [0.1, 0.15) is 5.75 Å². The summed E-state index contributed by atoms with van der Waals surface area (Å²) in [5.41, 5.74) is 1.32. The van der Waals surface area contributed by atoms with Crippen LogP contribution in [0.1, 0.15) is 37.8 Å². The van der Waals surface area contributed by atoms with Gasteiger partial charge in [0, 0.05) is 18.5 Å². The summed E-state index contributed by atoms with van der Waals surface area (Å²) in [7, 11) is -3.56. The summed E-state index contributed by atoms with van der Waals surface area (Å²) in [4.78, 5) is 15.0. The minimum absolute atomic E-state index is 0.00247. The predicted octanol–water partition coefficient (Wildman–Crippen LogP) is 4.86. The first-order valence-electron chi connectivity index (χ1n) is 10.8. The standard InChI is InChI=1S/C24H29Cl2NO5S/c1-17(2)32-20-6-4-5-18(13-20)14-23(28)27-11-9-24(16-27,10-12-31-33(3,29)30)19-7-8-21(25)22(26)15-19/h4-8,13,15,17H,9-12,14,16H2,1-3H3/t24-/m0/s1. The molecule has 0 unspecified atom stereocenters. The van der Waals surface area contributed by atoms with Gasteiger partial charge in [-0.2, -0.15) is 8.42 Å². The Labute approximate surface area is 205 Å². The van der Waals surface area contributed by atoms with Gasteiger partial charge in [0.15, 0.2) is 0 Å². The summed E-state index contributed by atoms with van der Waals surface area (Å²) in [5, 5.41) is 0.863. The first-order valence-corrected chi connectivity index (χ1v) is 13.4. The van der Waals surface area contributed by atoms with Gasteiger partial charge in [-0.1, -0.05) is 41.4 Å². The highest BCUT2D eigenvalue weighted by Gasteiger charge is 2.41. The van der Waals surface area contributed by atoms with E-state index in [4.69, 9.17) is 32.1 Å². The minimum Gasteiger partial charge on any atom is -0.491 e. The third-order valence-corrected chi connectivity index (χ3v) is 7.08. The smallest absolute Gasteiger partial charge is 0.264 e. The highest BCUT2D eigenvalue weighted by Crippen LogP contribution is 2.40. The number of ether oxygens (including phenoxy) is 1. The number of likely N-dealkylation sites (tertiary alicyclic amines) is 1. The quantitative estimate of drug-likeness (QED) is 0.447. The van der Waals surface area contributed by atoms with E-state index in [0.717, 1.165) is 23.1 Å². The summed E-state index contributed by atoms with van der Waals surface area (Å²) in [6, 6.07) is 13.0. The van der Waals surface area contributed by atoms with Crippen molar-refractivity contribution in [1.29, 1.82) is 0 Å². The Morgan fingerprint density at radius 1 is 1.15 bits per heavy atom. The van der Waals surface area contributed by atoms with Crippen molar-refractivity contribution in [1.82, 2.24) is 4.90 Å². The zero-order valence-corrected chi connectivity index (χ0v) is 21.3. The van der Waals surface area contributed by atoms with E-state index in [1.165, 1.54) is 0 Å². The molecule has 0 aromatic heterocycles. The van der Waals surface area contributed by atoms with E-state index >= 15 is 0 Å². The molecular formula is C24H29Cl2NO5S. The molecular weight excluding hydrogens is 485 g/mol. The molecule has 0 N–H and O–H groups in total. The summed E-state index contributed by atoms with van der Waals surface area (Å²) in [6.07, 6.45) is 2.43. The Morgan fingerprint density at radius 2 is 1.91 bits per heavy atom. The topological polar surface area (TPSA) is 72.9 Å². The Bertz CT molecular complexity index is 1110. The normalized spacial score (nSPS) is 18.7. The van der Waals surface area contributed by atoms with Gasteiger partial charge in [-0.3, -0.25) is 8.98 Å². The van der Waals surface area contributed by atoms with Crippen LogP contribution in [0, 0.1) is 0 Å². The molecule has 180 valence electrons. The number of hydrogen-bond acceptors (Lipinski definition) is 5. The molecule has 1 aliphatic heterocycles. The van der Waals surface area contributed by atoms with Gasteiger partial charge in [0.25, 0.3) is 10.1 Å². The van der Waals surface area contributed by atoms with Crippen LogP contribution >= 0.6 is 23.2 Å². The van der Waals surface area contributed by atoms with Crippen molar-refractivity contribution in [2.45, 2.75) is 44.6 Å². The Morgan fingerprint density at radius 3 is 2.58 bits per heavy atom. The molecule has 3 rings (SSSR count). The van der Waals surface area contributed by atoms with E-state index < -0.39 is 15.5 Å². The molecule has 1 heterocycles. The number of nitrogens with zero attached hydrogens (tertiary/aromatic N) is 1. The fourth-order valence-electron chi connectivity index (χ4n) is 4.17. The van der Waals surface area contributed by atoms with E-state index in [1.807, 2.05) is 49.1 Å². The molecule has 2 aromatic carbocycles. The van der Waals surface area contributed by atoms with E-state index in [-0.39, 0.29) is 25.0 Å². The molecule has 33 heavy (non-hydrogen) atoms. The van der Waals surface area contributed by atoms with Gasteiger partial charge >= 0.3 is 0 Å². The fourth-order valence-corrected chi connectivity index (χ4v) is 4.86. The molecule has 1 aliphatic rings. The molecule has 1 saturated heterocycles. The monoisotopic (exact) mass is 513 g/mol. The van der Waals surface area contributed by atoms with Gasteiger partial charge in [0.05, 0.1) is 35.4 Å². The van der Waals surface area contributed by atoms with Crippen LogP contribution in [-0.2, 0) is 30.9 Å². The maximum atomic E-state index is 13.1. The van der Waals surface area contributed by atoms with Crippen molar-refractivity contribution in [3.63, 3.8) is 0 Å².